The van der Waals surface area contributed by atoms with E-state index in [1.165, 1.54) is 5.56 Å². The summed E-state index contributed by atoms with van der Waals surface area (Å²) in [6.45, 7) is 9.75. The molecule has 0 saturated carbocycles. The Balaban J connectivity index is 0.00000180. The Morgan fingerprint density at radius 3 is 2.40 bits per heavy atom. The first kappa shape index (κ1) is 19.7. The van der Waals surface area contributed by atoms with Crippen molar-refractivity contribution in [1.82, 2.24) is 10.2 Å². The Hall–Kier alpha value is -0.350. The van der Waals surface area contributed by atoms with Gasteiger partial charge < -0.3 is 5.32 Å². The van der Waals surface area contributed by atoms with Gasteiger partial charge in [0, 0.05) is 31.7 Å². The van der Waals surface area contributed by atoms with Crippen molar-refractivity contribution in [3.8, 4) is 0 Å². The van der Waals surface area contributed by atoms with Gasteiger partial charge in [0.05, 0.1) is 0 Å². The molecule has 5 heteroatoms. The minimum Gasteiger partial charge on any atom is -0.311 e. The van der Waals surface area contributed by atoms with Crippen LogP contribution in [0.25, 0.3) is 0 Å². The molecule has 1 aromatic rings. The molecule has 0 bridgehead atoms. The first-order valence-corrected chi connectivity index (χ1v) is 6.78. The van der Waals surface area contributed by atoms with Crippen molar-refractivity contribution in [3.05, 3.63) is 35.6 Å². The predicted molar refractivity (Wildman–Crippen MR) is 87.4 cm³/mol. The molecule has 2 rings (SSSR count). The lowest BCUT2D eigenvalue weighted by Crippen LogP contribution is -2.56. The molecular weight excluding hydrogens is 298 g/mol. The number of nitrogens with one attached hydrogen (secondary N) is 1. The van der Waals surface area contributed by atoms with Crippen LogP contribution in [0.1, 0.15) is 26.3 Å². The largest absolute Gasteiger partial charge is 0.311 e. The van der Waals surface area contributed by atoms with Gasteiger partial charge in [-0.1, -0.05) is 26.0 Å². The predicted octanol–water partition coefficient (Wildman–Crippen LogP) is 3.49. The van der Waals surface area contributed by atoms with E-state index in [0.717, 1.165) is 19.6 Å². The van der Waals surface area contributed by atoms with Gasteiger partial charge in [0.2, 0.25) is 0 Å². The average molecular weight is 323 g/mol. The van der Waals surface area contributed by atoms with Crippen molar-refractivity contribution < 1.29 is 4.39 Å². The van der Waals surface area contributed by atoms with E-state index < -0.39 is 0 Å². The highest BCUT2D eigenvalue weighted by molar-refractivity contribution is 5.85. The molecule has 1 aromatic carbocycles. The summed E-state index contributed by atoms with van der Waals surface area (Å²) in [5.74, 6) is 0.471. The molecule has 116 valence electrons. The van der Waals surface area contributed by atoms with Crippen molar-refractivity contribution in [1.29, 1.82) is 0 Å². The van der Waals surface area contributed by atoms with Gasteiger partial charge >= 0.3 is 0 Å². The molecule has 1 aliphatic rings. The summed E-state index contributed by atoms with van der Waals surface area (Å²) >= 11 is 0. The molecule has 1 N–H and O–H groups in total. The van der Waals surface area contributed by atoms with Crippen LogP contribution >= 0.6 is 24.8 Å². The fraction of sp³-hybridized carbons (Fsp3) is 0.600. The third kappa shape index (κ3) is 5.21. The molecule has 1 fully saturated rings. The van der Waals surface area contributed by atoms with Gasteiger partial charge in [0.15, 0.2) is 0 Å². The topological polar surface area (TPSA) is 15.3 Å². The summed E-state index contributed by atoms with van der Waals surface area (Å²) < 4.78 is 12.9. The number of nitrogens with zero attached hydrogens (tertiary/aromatic N) is 1. The number of halogens is 3. The lowest BCUT2D eigenvalue weighted by Gasteiger charge is -2.41. The van der Waals surface area contributed by atoms with Gasteiger partial charge in [-0.2, -0.15) is 0 Å². The lowest BCUT2D eigenvalue weighted by molar-refractivity contribution is 0.0956. The zero-order valence-corrected chi connectivity index (χ0v) is 13.9. The molecule has 0 aromatic heterocycles. The Labute approximate surface area is 133 Å². The highest BCUT2D eigenvalue weighted by atomic mass is 35.5. The molecule has 0 amide bonds. The molecule has 2 atom stereocenters. The molecule has 20 heavy (non-hydrogen) atoms. The van der Waals surface area contributed by atoms with Crippen LogP contribution < -0.4 is 5.32 Å². The van der Waals surface area contributed by atoms with Crippen LogP contribution in [0.5, 0.6) is 0 Å². The van der Waals surface area contributed by atoms with Crippen LogP contribution in [0, 0.1) is 11.7 Å². The van der Waals surface area contributed by atoms with Crippen molar-refractivity contribution in [3.63, 3.8) is 0 Å². The highest BCUT2D eigenvalue weighted by Gasteiger charge is 2.27. The molecule has 1 heterocycles. The van der Waals surface area contributed by atoms with Crippen LogP contribution in [0.4, 0.5) is 4.39 Å². The van der Waals surface area contributed by atoms with Gasteiger partial charge in [-0.25, -0.2) is 4.39 Å². The molecular formula is C15H25Cl2FN2. The van der Waals surface area contributed by atoms with E-state index in [1.54, 1.807) is 12.1 Å². The number of hydrogen-bond acceptors (Lipinski definition) is 2. The third-order valence-electron chi connectivity index (χ3n) is 3.72. The second kappa shape index (κ2) is 8.83. The third-order valence-corrected chi connectivity index (χ3v) is 3.72. The van der Waals surface area contributed by atoms with E-state index in [0.29, 0.717) is 18.0 Å². The van der Waals surface area contributed by atoms with Crippen molar-refractivity contribution in [2.45, 2.75) is 39.4 Å². The van der Waals surface area contributed by atoms with Gasteiger partial charge in [-0.3, -0.25) is 4.90 Å². The Morgan fingerprint density at radius 2 is 1.85 bits per heavy atom. The van der Waals surface area contributed by atoms with Crippen LogP contribution in [0.3, 0.4) is 0 Å². The SMILES string of the molecule is CC1CN(Cc2ccc(F)cc2)C(C(C)C)CN1.Cl.Cl. The first-order valence-electron chi connectivity index (χ1n) is 6.78. The first-order chi connectivity index (χ1) is 8.56. The maximum Gasteiger partial charge on any atom is 0.123 e. The molecule has 2 nitrogen and oxygen atoms in total. The van der Waals surface area contributed by atoms with Gasteiger partial charge in [0.25, 0.3) is 0 Å². The average Bonchev–Trinajstić information content (AvgIpc) is 2.32. The maximum atomic E-state index is 12.9. The molecule has 0 radical (unpaired) electrons. The second-order valence-corrected chi connectivity index (χ2v) is 5.68. The van der Waals surface area contributed by atoms with Gasteiger partial charge in [-0.15, -0.1) is 24.8 Å². The van der Waals surface area contributed by atoms with Gasteiger partial charge in [-0.05, 0) is 30.5 Å². The molecule has 0 aliphatic carbocycles. The van der Waals surface area contributed by atoms with E-state index in [9.17, 15) is 4.39 Å². The monoisotopic (exact) mass is 322 g/mol. The number of piperazine rings is 1. The highest BCUT2D eigenvalue weighted by Crippen LogP contribution is 2.18. The fourth-order valence-electron chi connectivity index (χ4n) is 2.67. The lowest BCUT2D eigenvalue weighted by atomic mass is 9.98. The second-order valence-electron chi connectivity index (χ2n) is 5.68. The standard InChI is InChI=1S/C15H23FN2.2ClH/c1-11(2)15-8-17-12(3)9-18(15)10-13-4-6-14(16)7-5-13;;/h4-7,11-12,15,17H,8-10H2,1-3H3;2*1H. The van der Waals surface area contributed by atoms with Crippen molar-refractivity contribution >= 4 is 24.8 Å². The van der Waals surface area contributed by atoms with E-state index in [2.05, 4.69) is 31.0 Å². The Morgan fingerprint density at radius 1 is 1.25 bits per heavy atom. The van der Waals surface area contributed by atoms with Gasteiger partial charge in [0.1, 0.15) is 5.82 Å². The molecule has 1 aliphatic heterocycles. The number of rotatable bonds is 3. The zero-order chi connectivity index (χ0) is 13.1. The smallest absolute Gasteiger partial charge is 0.123 e. The van der Waals surface area contributed by atoms with E-state index in [1.807, 2.05) is 12.1 Å². The summed E-state index contributed by atoms with van der Waals surface area (Å²) in [5.41, 5.74) is 1.19. The normalized spacial score (nSPS) is 23.1. The summed E-state index contributed by atoms with van der Waals surface area (Å²) in [7, 11) is 0. The summed E-state index contributed by atoms with van der Waals surface area (Å²) in [6.07, 6.45) is 0. The summed E-state index contributed by atoms with van der Waals surface area (Å²) in [6, 6.07) is 7.96. The molecule has 0 spiro atoms. The molecule has 2 unspecified atom stereocenters. The van der Waals surface area contributed by atoms with Crippen molar-refractivity contribution in [2.24, 2.45) is 5.92 Å². The van der Waals surface area contributed by atoms with E-state index in [4.69, 9.17) is 0 Å². The van der Waals surface area contributed by atoms with Crippen molar-refractivity contribution in [2.75, 3.05) is 13.1 Å². The number of hydrogen-bond donors (Lipinski definition) is 1. The van der Waals surface area contributed by atoms with Crippen LogP contribution in [-0.4, -0.2) is 30.1 Å². The minimum atomic E-state index is -0.159. The van der Waals surface area contributed by atoms with E-state index in [-0.39, 0.29) is 30.6 Å². The minimum absolute atomic E-state index is 0. The Kier molecular flexibility index (Phi) is 8.68. The zero-order valence-electron chi connectivity index (χ0n) is 12.3. The fourth-order valence-corrected chi connectivity index (χ4v) is 2.67. The van der Waals surface area contributed by atoms with Crippen LogP contribution in [-0.2, 0) is 6.54 Å². The molecule has 1 saturated heterocycles. The summed E-state index contributed by atoms with van der Waals surface area (Å²) in [4.78, 5) is 2.51. The van der Waals surface area contributed by atoms with Crippen LogP contribution in [0.15, 0.2) is 24.3 Å². The summed E-state index contributed by atoms with van der Waals surface area (Å²) in [5, 5.41) is 3.54. The quantitative estimate of drug-likeness (QED) is 0.916. The maximum absolute atomic E-state index is 12.9. The van der Waals surface area contributed by atoms with E-state index >= 15 is 0 Å². The Bertz CT molecular complexity index is 384. The number of benzene rings is 1. The van der Waals surface area contributed by atoms with Crippen LogP contribution in [0.2, 0.25) is 0 Å².